The normalized spacial score (nSPS) is 19.6. The Morgan fingerprint density at radius 3 is 2.53 bits per heavy atom. The van der Waals surface area contributed by atoms with Crippen LogP contribution in [0.2, 0.25) is 0 Å². The van der Waals surface area contributed by atoms with Gasteiger partial charge in [-0.15, -0.1) is 0 Å². The Kier molecular flexibility index (Phi) is 6.98. The van der Waals surface area contributed by atoms with Crippen LogP contribution in [-0.2, 0) is 4.74 Å². The maximum atomic E-state index is 5.63. The topological polar surface area (TPSA) is 24.5 Å². The van der Waals surface area contributed by atoms with E-state index in [-0.39, 0.29) is 0 Å². The fourth-order valence-corrected chi connectivity index (χ4v) is 2.07. The van der Waals surface area contributed by atoms with Crippen LogP contribution in [0, 0.1) is 0 Å². The summed E-state index contributed by atoms with van der Waals surface area (Å²) in [5.41, 5.74) is 0. The highest BCUT2D eigenvalue weighted by Crippen LogP contribution is 2.12. The van der Waals surface area contributed by atoms with Gasteiger partial charge in [-0.1, -0.05) is 6.92 Å². The monoisotopic (exact) mass is 214 g/mol. The van der Waals surface area contributed by atoms with E-state index in [1.807, 2.05) is 0 Å². The van der Waals surface area contributed by atoms with Crippen LogP contribution in [0.4, 0.5) is 0 Å². The van der Waals surface area contributed by atoms with Gasteiger partial charge in [-0.3, -0.25) is 0 Å². The Labute approximate surface area is 94.2 Å². The van der Waals surface area contributed by atoms with E-state index in [0.717, 1.165) is 19.7 Å². The first-order chi connectivity index (χ1) is 7.36. The zero-order chi connectivity index (χ0) is 10.9. The van der Waals surface area contributed by atoms with E-state index in [4.69, 9.17) is 4.74 Å². The molecule has 1 saturated heterocycles. The van der Waals surface area contributed by atoms with Crippen molar-refractivity contribution in [2.45, 2.75) is 39.2 Å². The Bertz CT molecular complexity index is 142. The van der Waals surface area contributed by atoms with Crippen LogP contribution in [-0.4, -0.2) is 50.3 Å². The van der Waals surface area contributed by atoms with Crippen LogP contribution >= 0.6 is 0 Å². The summed E-state index contributed by atoms with van der Waals surface area (Å²) in [5.74, 6) is 0. The molecule has 0 spiro atoms. The highest BCUT2D eigenvalue weighted by Gasteiger charge is 2.18. The number of ether oxygens (including phenoxy) is 1. The van der Waals surface area contributed by atoms with Gasteiger partial charge >= 0.3 is 0 Å². The fourth-order valence-electron chi connectivity index (χ4n) is 2.07. The third-order valence-corrected chi connectivity index (χ3v) is 2.97. The second-order valence-corrected chi connectivity index (χ2v) is 4.25. The van der Waals surface area contributed by atoms with E-state index >= 15 is 0 Å². The molecule has 1 heterocycles. The summed E-state index contributed by atoms with van der Waals surface area (Å²) in [6, 6.07) is 0. The van der Waals surface area contributed by atoms with E-state index in [2.05, 4.69) is 24.1 Å². The number of nitrogens with zero attached hydrogens (tertiary/aromatic N) is 1. The molecule has 3 heteroatoms. The molecule has 1 N–H and O–H groups in total. The van der Waals surface area contributed by atoms with E-state index in [1.165, 1.54) is 38.9 Å². The summed E-state index contributed by atoms with van der Waals surface area (Å²) in [5, 5.41) is 3.45. The third kappa shape index (κ3) is 5.50. The van der Waals surface area contributed by atoms with E-state index < -0.39 is 0 Å². The first-order valence-corrected chi connectivity index (χ1v) is 6.41. The Morgan fingerprint density at radius 1 is 1.20 bits per heavy atom. The standard InChI is InChI=1S/C12H26N2O/c1-3-7-13-8-11-14-9-5-12(6-10-14)15-4-2/h12-13H,3-11H2,1-2H3. The van der Waals surface area contributed by atoms with Gasteiger partial charge in [-0.05, 0) is 32.7 Å². The zero-order valence-electron chi connectivity index (χ0n) is 10.3. The lowest BCUT2D eigenvalue weighted by molar-refractivity contribution is 0.0146. The highest BCUT2D eigenvalue weighted by molar-refractivity contribution is 4.72. The van der Waals surface area contributed by atoms with Crippen molar-refractivity contribution in [1.82, 2.24) is 10.2 Å². The van der Waals surface area contributed by atoms with E-state index in [9.17, 15) is 0 Å². The Morgan fingerprint density at radius 2 is 1.93 bits per heavy atom. The molecule has 1 rings (SSSR count). The van der Waals surface area contributed by atoms with Crippen molar-refractivity contribution in [2.75, 3.05) is 39.3 Å². The smallest absolute Gasteiger partial charge is 0.0599 e. The Hall–Kier alpha value is -0.120. The molecule has 1 aliphatic heterocycles. The lowest BCUT2D eigenvalue weighted by Gasteiger charge is -2.31. The molecule has 0 aromatic heterocycles. The second-order valence-electron chi connectivity index (χ2n) is 4.25. The molecule has 3 nitrogen and oxygen atoms in total. The molecular formula is C12H26N2O. The molecule has 0 atom stereocenters. The van der Waals surface area contributed by atoms with Crippen LogP contribution in [0.1, 0.15) is 33.1 Å². The summed E-state index contributed by atoms with van der Waals surface area (Å²) in [7, 11) is 0. The summed E-state index contributed by atoms with van der Waals surface area (Å²) >= 11 is 0. The van der Waals surface area contributed by atoms with Gasteiger partial charge in [0.05, 0.1) is 6.10 Å². The molecule has 90 valence electrons. The van der Waals surface area contributed by atoms with Crippen LogP contribution in [0.3, 0.4) is 0 Å². The van der Waals surface area contributed by atoms with Crippen LogP contribution in [0.25, 0.3) is 0 Å². The van der Waals surface area contributed by atoms with Gasteiger partial charge in [0, 0.05) is 32.8 Å². The van der Waals surface area contributed by atoms with Crippen molar-refractivity contribution in [3.63, 3.8) is 0 Å². The fraction of sp³-hybridized carbons (Fsp3) is 1.00. The summed E-state index contributed by atoms with van der Waals surface area (Å²) in [6.07, 6.45) is 4.17. The van der Waals surface area contributed by atoms with Crippen molar-refractivity contribution in [3.8, 4) is 0 Å². The molecule has 15 heavy (non-hydrogen) atoms. The van der Waals surface area contributed by atoms with E-state index in [1.54, 1.807) is 0 Å². The van der Waals surface area contributed by atoms with Gasteiger partial charge in [-0.2, -0.15) is 0 Å². The predicted octanol–water partition coefficient (Wildman–Crippen LogP) is 1.49. The minimum atomic E-state index is 0.523. The first-order valence-electron chi connectivity index (χ1n) is 6.41. The van der Waals surface area contributed by atoms with Gasteiger partial charge < -0.3 is 15.0 Å². The number of nitrogens with one attached hydrogen (secondary N) is 1. The van der Waals surface area contributed by atoms with Crippen LogP contribution in [0.5, 0.6) is 0 Å². The van der Waals surface area contributed by atoms with Gasteiger partial charge in [0.1, 0.15) is 0 Å². The van der Waals surface area contributed by atoms with Crippen LogP contribution < -0.4 is 5.32 Å². The molecule has 0 bridgehead atoms. The second kappa shape index (κ2) is 8.08. The van der Waals surface area contributed by atoms with Crippen LogP contribution in [0.15, 0.2) is 0 Å². The summed E-state index contributed by atoms with van der Waals surface area (Å²) in [4.78, 5) is 2.54. The quantitative estimate of drug-likeness (QED) is 0.650. The average Bonchev–Trinajstić information content (AvgIpc) is 2.27. The summed E-state index contributed by atoms with van der Waals surface area (Å²) < 4.78 is 5.63. The number of likely N-dealkylation sites (tertiary alicyclic amines) is 1. The molecule has 1 aliphatic rings. The third-order valence-electron chi connectivity index (χ3n) is 2.97. The number of hydrogen-bond donors (Lipinski definition) is 1. The molecule has 0 aromatic rings. The minimum Gasteiger partial charge on any atom is -0.378 e. The maximum absolute atomic E-state index is 5.63. The van der Waals surface area contributed by atoms with Crippen molar-refractivity contribution >= 4 is 0 Å². The minimum absolute atomic E-state index is 0.523. The first kappa shape index (κ1) is 12.9. The molecule has 0 radical (unpaired) electrons. The molecule has 0 saturated carbocycles. The van der Waals surface area contributed by atoms with Crippen molar-refractivity contribution in [3.05, 3.63) is 0 Å². The molecule has 0 unspecified atom stereocenters. The van der Waals surface area contributed by atoms with Crippen molar-refractivity contribution in [1.29, 1.82) is 0 Å². The number of piperidine rings is 1. The highest BCUT2D eigenvalue weighted by atomic mass is 16.5. The largest absolute Gasteiger partial charge is 0.378 e. The molecular weight excluding hydrogens is 188 g/mol. The lowest BCUT2D eigenvalue weighted by Crippen LogP contribution is -2.40. The van der Waals surface area contributed by atoms with Gasteiger partial charge in [-0.25, -0.2) is 0 Å². The number of rotatable bonds is 7. The Balaban J connectivity index is 1.99. The number of hydrogen-bond acceptors (Lipinski definition) is 3. The SMILES string of the molecule is CCCNCCN1CCC(OCC)CC1. The van der Waals surface area contributed by atoms with Gasteiger partial charge in [0.25, 0.3) is 0 Å². The molecule has 1 fully saturated rings. The zero-order valence-corrected chi connectivity index (χ0v) is 10.3. The predicted molar refractivity (Wildman–Crippen MR) is 64.2 cm³/mol. The van der Waals surface area contributed by atoms with Crippen molar-refractivity contribution in [2.24, 2.45) is 0 Å². The molecule has 0 aromatic carbocycles. The van der Waals surface area contributed by atoms with E-state index in [0.29, 0.717) is 6.10 Å². The maximum Gasteiger partial charge on any atom is 0.0599 e. The average molecular weight is 214 g/mol. The summed E-state index contributed by atoms with van der Waals surface area (Å²) in [6.45, 7) is 11.0. The molecule has 0 aliphatic carbocycles. The van der Waals surface area contributed by atoms with Gasteiger partial charge in [0.2, 0.25) is 0 Å². The molecule has 0 amide bonds. The van der Waals surface area contributed by atoms with Crippen molar-refractivity contribution < 1.29 is 4.74 Å². The lowest BCUT2D eigenvalue weighted by atomic mass is 10.1. The van der Waals surface area contributed by atoms with Gasteiger partial charge in [0.15, 0.2) is 0 Å².